The van der Waals surface area contributed by atoms with Gasteiger partial charge in [-0.15, -0.1) is 11.3 Å². The summed E-state index contributed by atoms with van der Waals surface area (Å²) in [6.45, 7) is 4.75. The maximum Gasteiger partial charge on any atom is 0.253 e. The Hall–Kier alpha value is -2.59. The van der Waals surface area contributed by atoms with Crippen LogP contribution in [0.2, 0.25) is 0 Å². The molecule has 2 aromatic heterocycles. The summed E-state index contributed by atoms with van der Waals surface area (Å²) in [5.41, 5.74) is 4.06. The summed E-state index contributed by atoms with van der Waals surface area (Å²) in [5, 5.41) is 2.35. The summed E-state index contributed by atoms with van der Waals surface area (Å²) in [6.07, 6.45) is 2.05. The first-order chi connectivity index (χ1) is 16.8. The number of thiazole rings is 1. The molecule has 1 aliphatic rings. The second-order valence-corrected chi connectivity index (χ2v) is 13.0. The molecule has 0 spiro atoms. The van der Waals surface area contributed by atoms with Crippen LogP contribution < -0.4 is 4.90 Å². The third-order valence-electron chi connectivity index (χ3n) is 6.30. The lowest BCUT2D eigenvalue weighted by molar-refractivity contribution is -0.123. The number of aromatic nitrogens is 1. The van der Waals surface area contributed by atoms with E-state index in [9.17, 15) is 13.2 Å². The molecule has 6 nitrogen and oxygen atoms in total. The highest BCUT2D eigenvalue weighted by Crippen LogP contribution is 2.35. The van der Waals surface area contributed by atoms with Crippen LogP contribution in [0.5, 0.6) is 0 Å². The smallest absolute Gasteiger partial charge is 0.253 e. The molecular weight excluding hydrogens is 499 g/mol. The number of sulfonamides is 1. The molecule has 1 aliphatic heterocycles. The zero-order valence-electron chi connectivity index (χ0n) is 19.7. The van der Waals surface area contributed by atoms with Gasteiger partial charge in [-0.05, 0) is 60.9 Å². The van der Waals surface area contributed by atoms with E-state index in [1.807, 2.05) is 44.2 Å². The number of aryl methyl sites for hydroxylation is 2. The van der Waals surface area contributed by atoms with Crippen molar-refractivity contribution in [3.8, 4) is 0 Å². The number of thiophene rings is 1. The molecule has 9 heteroatoms. The number of carbonyl (C=O) groups excluding carboxylic acids is 1. The Kier molecular flexibility index (Phi) is 6.76. The highest BCUT2D eigenvalue weighted by molar-refractivity contribution is 7.91. The van der Waals surface area contributed by atoms with Gasteiger partial charge in [0, 0.05) is 6.54 Å². The summed E-state index contributed by atoms with van der Waals surface area (Å²) in [4.78, 5) is 20.7. The van der Waals surface area contributed by atoms with Gasteiger partial charge in [0.2, 0.25) is 5.91 Å². The number of carbonyl (C=O) groups is 1. The fourth-order valence-corrected chi connectivity index (χ4v) is 8.54. The van der Waals surface area contributed by atoms with Crippen molar-refractivity contribution >= 4 is 54.0 Å². The SMILES string of the molecule is Cc1cc(C)c2nc(N(Cc3ccccc3)C(=O)C3CCCCN3S(=O)(=O)c3cccs3)sc2c1. The molecule has 0 saturated carbocycles. The van der Waals surface area contributed by atoms with Crippen molar-refractivity contribution in [2.45, 2.75) is 49.9 Å². The molecule has 0 bridgehead atoms. The van der Waals surface area contributed by atoms with Gasteiger partial charge >= 0.3 is 0 Å². The van der Waals surface area contributed by atoms with Gasteiger partial charge in [0.05, 0.1) is 16.8 Å². The van der Waals surface area contributed by atoms with E-state index in [0.717, 1.165) is 39.7 Å². The van der Waals surface area contributed by atoms with Gasteiger partial charge in [-0.1, -0.05) is 60.2 Å². The van der Waals surface area contributed by atoms with Crippen LogP contribution in [-0.4, -0.2) is 36.2 Å². The maximum atomic E-state index is 14.1. The van der Waals surface area contributed by atoms with E-state index in [0.29, 0.717) is 24.6 Å². The minimum absolute atomic E-state index is 0.220. The van der Waals surface area contributed by atoms with Crippen molar-refractivity contribution in [2.75, 3.05) is 11.4 Å². The lowest BCUT2D eigenvalue weighted by Gasteiger charge is -2.35. The Morgan fingerprint density at radius 2 is 1.91 bits per heavy atom. The summed E-state index contributed by atoms with van der Waals surface area (Å²) in [5.74, 6) is -0.220. The number of benzene rings is 2. The third kappa shape index (κ3) is 4.78. The van der Waals surface area contributed by atoms with E-state index in [4.69, 9.17) is 4.98 Å². The Balaban J connectivity index is 1.56. The number of nitrogens with zero attached hydrogens (tertiary/aromatic N) is 3. The minimum Gasteiger partial charge on any atom is -0.282 e. The zero-order valence-corrected chi connectivity index (χ0v) is 22.1. The molecule has 4 aromatic rings. The van der Waals surface area contributed by atoms with Crippen molar-refractivity contribution in [2.24, 2.45) is 0 Å². The average Bonchev–Trinajstić information content (AvgIpc) is 3.54. The van der Waals surface area contributed by atoms with Gasteiger partial charge in [-0.25, -0.2) is 13.4 Å². The van der Waals surface area contributed by atoms with E-state index in [1.54, 1.807) is 22.4 Å². The Morgan fingerprint density at radius 1 is 1.11 bits per heavy atom. The summed E-state index contributed by atoms with van der Waals surface area (Å²) in [6, 6.07) is 16.5. The van der Waals surface area contributed by atoms with Gasteiger partial charge in [0.1, 0.15) is 10.3 Å². The van der Waals surface area contributed by atoms with E-state index < -0.39 is 16.1 Å². The Labute approximate surface area is 213 Å². The second-order valence-electron chi connectivity index (χ2n) is 8.89. The van der Waals surface area contributed by atoms with Crippen molar-refractivity contribution < 1.29 is 13.2 Å². The van der Waals surface area contributed by atoms with Gasteiger partial charge in [0.15, 0.2) is 5.13 Å². The molecule has 1 saturated heterocycles. The summed E-state index contributed by atoms with van der Waals surface area (Å²) < 4.78 is 29.6. The van der Waals surface area contributed by atoms with Gasteiger partial charge in [0.25, 0.3) is 10.0 Å². The Bertz CT molecular complexity index is 1450. The lowest BCUT2D eigenvalue weighted by Crippen LogP contribution is -2.52. The molecule has 0 N–H and O–H groups in total. The largest absolute Gasteiger partial charge is 0.282 e. The van der Waals surface area contributed by atoms with Crippen LogP contribution >= 0.6 is 22.7 Å². The van der Waals surface area contributed by atoms with E-state index in [-0.39, 0.29) is 10.1 Å². The molecule has 1 amide bonds. The van der Waals surface area contributed by atoms with Gasteiger partial charge < -0.3 is 0 Å². The number of hydrogen-bond acceptors (Lipinski definition) is 6. The molecule has 1 fully saturated rings. The van der Waals surface area contributed by atoms with E-state index >= 15 is 0 Å². The summed E-state index contributed by atoms with van der Waals surface area (Å²) in [7, 11) is -3.75. The second kappa shape index (κ2) is 9.81. The Morgan fingerprint density at radius 3 is 2.66 bits per heavy atom. The van der Waals surface area contributed by atoms with Crippen LogP contribution in [0.4, 0.5) is 5.13 Å². The van der Waals surface area contributed by atoms with Crippen molar-refractivity contribution in [1.29, 1.82) is 0 Å². The van der Waals surface area contributed by atoms with Crippen LogP contribution in [0.15, 0.2) is 64.2 Å². The molecule has 0 radical (unpaired) electrons. The fraction of sp³-hybridized carbons (Fsp3) is 0.308. The quantitative estimate of drug-likeness (QED) is 0.321. The van der Waals surface area contributed by atoms with Gasteiger partial charge in [-0.3, -0.25) is 9.69 Å². The maximum absolute atomic E-state index is 14.1. The van der Waals surface area contributed by atoms with Crippen LogP contribution in [0.3, 0.4) is 0 Å². The van der Waals surface area contributed by atoms with Crippen LogP contribution in [-0.2, 0) is 21.4 Å². The van der Waals surface area contributed by atoms with Crippen molar-refractivity contribution in [1.82, 2.24) is 9.29 Å². The number of hydrogen-bond donors (Lipinski definition) is 0. The standard InChI is InChI=1S/C26H27N3O3S3/c1-18-15-19(2)24-22(16-18)34-26(27-24)28(17-20-9-4-3-5-10-20)25(30)21-11-6-7-13-29(21)35(31,32)23-12-8-14-33-23/h3-5,8-10,12,14-16,21H,6-7,11,13,17H2,1-2H3. The predicted molar refractivity (Wildman–Crippen MR) is 143 cm³/mol. The molecule has 1 unspecified atom stereocenters. The fourth-order valence-electron chi connectivity index (χ4n) is 4.63. The van der Waals surface area contributed by atoms with E-state index in [2.05, 4.69) is 12.1 Å². The minimum atomic E-state index is -3.75. The molecular formula is C26H27N3O3S3. The van der Waals surface area contributed by atoms with E-state index in [1.165, 1.54) is 27.0 Å². The number of amides is 1. The first-order valence-electron chi connectivity index (χ1n) is 11.6. The molecule has 182 valence electrons. The molecule has 3 heterocycles. The molecule has 1 atom stereocenters. The topological polar surface area (TPSA) is 70.6 Å². The first kappa shape index (κ1) is 24.1. The highest BCUT2D eigenvalue weighted by Gasteiger charge is 2.40. The monoisotopic (exact) mass is 525 g/mol. The number of rotatable bonds is 6. The predicted octanol–water partition coefficient (Wildman–Crippen LogP) is 5.75. The van der Waals surface area contributed by atoms with Crippen LogP contribution in [0, 0.1) is 13.8 Å². The number of fused-ring (bicyclic) bond motifs is 1. The molecule has 5 rings (SSSR count). The first-order valence-corrected chi connectivity index (χ1v) is 14.8. The molecule has 35 heavy (non-hydrogen) atoms. The number of piperidine rings is 1. The van der Waals surface area contributed by atoms with Crippen molar-refractivity contribution in [3.63, 3.8) is 0 Å². The van der Waals surface area contributed by atoms with Crippen LogP contribution in [0.25, 0.3) is 10.2 Å². The average molecular weight is 526 g/mol. The van der Waals surface area contributed by atoms with Crippen LogP contribution in [0.1, 0.15) is 36.0 Å². The number of anilines is 1. The third-order valence-corrected chi connectivity index (χ3v) is 10.6. The summed E-state index contributed by atoms with van der Waals surface area (Å²) >= 11 is 2.67. The molecule has 2 aromatic carbocycles. The van der Waals surface area contributed by atoms with Gasteiger partial charge in [-0.2, -0.15) is 4.31 Å². The lowest BCUT2D eigenvalue weighted by atomic mass is 10.0. The zero-order chi connectivity index (χ0) is 24.6. The van der Waals surface area contributed by atoms with Crippen molar-refractivity contribution in [3.05, 3.63) is 76.7 Å². The normalized spacial score (nSPS) is 17.0. The molecule has 0 aliphatic carbocycles. The highest BCUT2D eigenvalue weighted by atomic mass is 32.2.